The van der Waals surface area contributed by atoms with Crippen molar-refractivity contribution in [3.63, 3.8) is 0 Å². The van der Waals surface area contributed by atoms with Gasteiger partial charge < -0.3 is 10.4 Å². The summed E-state index contributed by atoms with van der Waals surface area (Å²) in [7, 11) is 0. The number of phenols is 1. The molecule has 0 aromatic heterocycles. The van der Waals surface area contributed by atoms with Gasteiger partial charge in [-0.2, -0.15) is 5.10 Å². The second-order valence-electron chi connectivity index (χ2n) is 5.15. The Bertz CT molecular complexity index is 838. The third-order valence-electron chi connectivity index (χ3n) is 3.12. The van der Waals surface area contributed by atoms with Crippen LogP contribution in [0.25, 0.3) is 0 Å². The van der Waals surface area contributed by atoms with Crippen molar-refractivity contribution in [3.05, 3.63) is 59.7 Å². The van der Waals surface area contributed by atoms with E-state index < -0.39 is 23.4 Å². The van der Waals surface area contributed by atoms with Gasteiger partial charge in [0.1, 0.15) is 17.4 Å². The minimum Gasteiger partial charge on any atom is -0.507 e. The van der Waals surface area contributed by atoms with Crippen LogP contribution in [-0.4, -0.2) is 22.6 Å². The molecule has 6 nitrogen and oxygen atoms in total. The maximum Gasteiger partial charge on any atom is 0.275 e. The molecule has 0 unspecified atom stereocenters. The van der Waals surface area contributed by atoms with Gasteiger partial charge in [-0.1, -0.05) is 12.1 Å². The van der Waals surface area contributed by atoms with Crippen molar-refractivity contribution in [1.29, 1.82) is 0 Å². The minimum absolute atomic E-state index is 0.0388. The molecule has 0 atom stereocenters. The zero-order valence-electron chi connectivity index (χ0n) is 13.2. The van der Waals surface area contributed by atoms with Gasteiger partial charge >= 0.3 is 0 Å². The molecule has 0 fully saturated rings. The number of rotatable bonds is 5. The van der Waals surface area contributed by atoms with E-state index in [4.69, 9.17) is 0 Å². The van der Waals surface area contributed by atoms with Crippen LogP contribution in [0.1, 0.15) is 23.7 Å². The summed E-state index contributed by atoms with van der Waals surface area (Å²) in [6, 6.07) is 8.70. The van der Waals surface area contributed by atoms with Crippen LogP contribution < -0.4 is 10.7 Å². The van der Waals surface area contributed by atoms with Gasteiger partial charge in [0.15, 0.2) is 0 Å². The first kappa shape index (κ1) is 18.1. The van der Waals surface area contributed by atoms with Crippen molar-refractivity contribution in [2.45, 2.75) is 13.3 Å². The molecule has 2 aromatic carbocycles. The summed E-state index contributed by atoms with van der Waals surface area (Å²) >= 11 is 0. The Morgan fingerprint density at radius 2 is 1.88 bits per heavy atom. The van der Waals surface area contributed by atoms with Gasteiger partial charge in [-0.3, -0.25) is 9.59 Å². The van der Waals surface area contributed by atoms with Crippen LogP contribution in [0.5, 0.6) is 5.75 Å². The summed E-state index contributed by atoms with van der Waals surface area (Å²) in [6.45, 7) is 1.49. The number of hydrogen-bond acceptors (Lipinski definition) is 4. The standard InChI is InChI=1S/C17H15F2N3O3/c1-10(21-22-17(25)12-4-2-3-5-15(12)23)8-16(24)20-14-7-6-11(18)9-13(14)19/h2-7,9,23H,8H2,1H3,(H,20,24)(H,22,25)/b21-10-. The second-order valence-corrected chi connectivity index (χ2v) is 5.15. The average Bonchev–Trinajstić information content (AvgIpc) is 2.55. The fourth-order valence-electron chi connectivity index (χ4n) is 1.93. The SMILES string of the molecule is C/C(CC(=O)Nc1ccc(F)cc1F)=N/NC(=O)c1ccccc1O. The predicted molar refractivity (Wildman–Crippen MR) is 88.3 cm³/mol. The number of nitrogens with zero attached hydrogens (tertiary/aromatic N) is 1. The number of nitrogens with one attached hydrogen (secondary N) is 2. The van der Waals surface area contributed by atoms with Gasteiger partial charge in [-0.15, -0.1) is 0 Å². The van der Waals surface area contributed by atoms with Gasteiger partial charge in [0.05, 0.1) is 17.7 Å². The number of amides is 2. The molecule has 2 amide bonds. The molecule has 0 radical (unpaired) electrons. The summed E-state index contributed by atoms with van der Waals surface area (Å²) in [5.41, 5.74) is 2.35. The van der Waals surface area contributed by atoms with Crippen molar-refractivity contribution in [2.24, 2.45) is 5.10 Å². The highest BCUT2D eigenvalue weighted by atomic mass is 19.1. The van der Waals surface area contributed by atoms with Crippen molar-refractivity contribution < 1.29 is 23.5 Å². The molecule has 2 rings (SSSR count). The summed E-state index contributed by atoms with van der Waals surface area (Å²) in [5.74, 6) is -3.06. The molecule has 0 spiro atoms. The maximum absolute atomic E-state index is 13.5. The lowest BCUT2D eigenvalue weighted by atomic mass is 10.2. The van der Waals surface area contributed by atoms with Crippen LogP contribution in [0.15, 0.2) is 47.6 Å². The second kappa shape index (κ2) is 8.00. The fraction of sp³-hybridized carbons (Fsp3) is 0.118. The third-order valence-corrected chi connectivity index (χ3v) is 3.12. The van der Waals surface area contributed by atoms with Crippen molar-refractivity contribution in [1.82, 2.24) is 5.43 Å². The van der Waals surface area contributed by atoms with Crippen LogP contribution >= 0.6 is 0 Å². The number of benzene rings is 2. The highest BCUT2D eigenvalue weighted by Gasteiger charge is 2.11. The number of halogens is 2. The van der Waals surface area contributed by atoms with E-state index in [0.29, 0.717) is 6.07 Å². The topological polar surface area (TPSA) is 90.8 Å². The zero-order valence-corrected chi connectivity index (χ0v) is 13.2. The largest absolute Gasteiger partial charge is 0.507 e. The number of carbonyl (C=O) groups is 2. The Labute approximate surface area is 142 Å². The molecule has 2 aromatic rings. The molecule has 25 heavy (non-hydrogen) atoms. The van der Waals surface area contributed by atoms with E-state index >= 15 is 0 Å². The number of hydrogen-bond donors (Lipinski definition) is 3. The van der Waals surface area contributed by atoms with Crippen molar-refractivity contribution in [2.75, 3.05) is 5.32 Å². The van der Waals surface area contributed by atoms with E-state index in [1.165, 1.54) is 19.1 Å². The molecule has 0 aliphatic carbocycles. The van der Waals surface area contributed by atoms with Gasteiger partial charge in [-0.25, -0.2) is 14.2 Å². The first-order chi connectivity index (χ1) is 11.9. The molecule has 0 aliphatic heterocycles. The monoisotopic (exact) mass is 347 g/mol. The Kier molecular flexibility index (Phi) is 5.78. The fourth-order valence-corrected chi connectivity index (χ4v) is 1.93. The number of hydrazone groups is 1. The zero-order chi connectivity index (χ0) is 18.4. The highest BCUT2D eigenvalue weighted by molar-refractivity contribution is 6.06. The van der Waals surface area contributed by atoms with Crippen LogP contribution in [0.3, 0.4) is 0 Å². The Morgan fingerprint density at radius 3 is 2.56 bits per heavy atom. The van der Waals surface area contributed by atoms with Gasteiger partial charge in [0.2, 0.25) is 5.91 Å². The number of para-hydroxylation sites is 1. The van der Waals surface area contributed by atoms with E-state index in [9.17, 15) is 23.5 Å². The molecule has 130 valence electrons. The minimum atomic E-state index is -0.893. The number of phenolic OH excluding ortho intramolecular Hbond substituents is 1. The predicted octanol–water partition coefficient (Wildman–Crippen LogP) is 2.80. The van der Waals surface area contributed by atoms with Crippen LogP contribution in [0, 0.1) is 11.6 Å². The molecular weight excluding hydrogens is 332 g/mol. The van der Waals surface area contributed by atoms with Gasteiger partial charge in [-0.05, 0) is 31.2 Å². The molecule has 8 heteroatoms. The van der Waals surface area contributed by atoms with E-state index in [1.54, 1.807) is 12.1 Å². The smallest absolute Gasteiger partial charge is 0.275 e. The maximum atomic E-state index is 13.5. The van der Waals surface area contributed by atoms with E-state index in [1.807, 2.05) is 0 Å². The van der Waals surface area contributed by atoms with Crippen molar-refractivity contribution in [3.8, 4) is 5.75 Å². The van der Waals surface area contributed by atoms with Gasteiger partial charge in [0, 0.05) is 11.8 Å². The molecule has 0 heterocycles. The molecule has 0 saturated carbocycles. The van der Waals surface area contributed by atoms with E-state index in [-0.39, 0.29) is 29.1 Å². The summed E-state index contributed by atoms with van der Waals surface area (Å²) in [5, 5.41) is 15.6. The lowest BCUT2D eigenvalue weighted by Gasteiger charge is -2.07. The normalized spacial score (nSPS) is 11.1. The highest BCUT2D eigenvalue weighted by Crippen LogP contribution is 2.16. The molecule has 0 bridgehead atoms. The number of anilines is 1. The first-order valence-electron chi connectivity index (χ1n) is 7.23. The van der Waals surface area contributed by atoms with Gasteiger partial charge in [0.25, 0.3) is 5.91 Å². The van der Waals surface area contributed by atoms with Crippen molar-refractivity contribution >= 4 is 23.2 Å². The van der Waals surface area contributed by atoms with Crippen LogP contribution in [0.4, 0.5) is 14.5 Å². The number of carbonyl (C=O) groups excluding carboxylic acids is 2. The van der Waals surface area contributed by atoms with Crippen LogP contribution in [0.2, 0.25) is 0 Å². The molecule has 3 N–H and O–H groups in total. The van der Waals surface area contributed by atoms with E-state index in [2.05, 4.69) is 15.8 Å². The molecule has 0 saturated heterocycles. The lowest BCUT2D eigenvalue weighted by Crippen LogP contribution is -2.21. The lowest BCUT2D eigenvalue weighted by molar-refractivity contribution is -0.115. The summed E-state index contributed by atoms with van der Waals surface area (Å²) in [6.07, 6.45) is -0.210. The Balaban J connectivity index is 1.93. The van der Waals surface area contributed by atoms with Crippen LogP contribution in [-0.2, 0) is 4.79 Å². The quantitative estimate of drug-likeness (QED) is 0.574. The van der Waals surface area contributed by atoms with E-state index in [0.717, 1.165) is 12.1 Å². The summed E-state index contributed by atoms with van der Waals surface area (Å²) in [4.78, 5) is 23.7. The average molecular weight is 347 g/mol. The molecule has 0 aliphatic rings. The summed E-state index contributed by atoms with van der Waals surface area (Å²) < 4.78 is 26.3. The first-order valence-corrected chi connectivity index (χ1v) is 7.23. The Hall–Kier alpha value is -3.29. The third kappa shape index (κ3) is 5.10. The Morgan fingerprint density at radius 1 is 1.16 bits per heavy atom. The number of aromatic hydroxyl groups is 1. The molecular formula is C17H15F2N3O3.